The standard InChI is InChI=1S/C6H13N/c1-3-4-5-6-7-2/h6H,3-5H2,1-2H3. The average Bonchev–Trinajstić information content (AvgIpc) is 1.69. The molecule has 7 heavy (non-hydrogen) atoms. The summed E-state index contributed by atoms with van der Waals surface area (Å²) in [4.78, 5) is 3.85. The van der Waals surface area contributed by atoms with E-state index in [2.05, 4.69) is 11.9 Å². The Bertz CT molecular complexity index is 48.1. The fourth-order valence-corrected chi connectivity index (χ4v) is 0.425. The molecular weight excluding hydrogens is 86.1 g/mol. The lowest BCUT2D eigenvalue weighted by molar-refractivity contribution is 0.842. The Morgan fingerprint density at radius 1 is 1.57 bits per heavy atom. The maximum absolute atomic E-state index is 3.85. The average molecular weight is 99.2 g/mol. The van der Waals surface area contributed by atoms with Gasteiger partial charge in [-0.2, -0.15) is 0 Å². The third-order valence-electron chi connectivity index (χ3n) is 0.869. The smallest absolute Gasteiger partial charge is 0.0273 e. The molecule has 0 atom stereocenters. The number of rotatable bonds is 3. The van der Waals surface area contributed by atoms with Gasteiger partial charge in [0.15, 0.2) is 0 Å². The van der Waals surface area contributed by atoms with Crippen LogP contribution in [0.2, 0.25) is 0 Å². The zero-order chi connectivity index (χ0) is 5.54. The maximum Gasteiger partial charge on any atom is 0.0273 e. The van der Waals surface area contributed by atoms with E-state index in [9.17, 15) is 0 Å². The molecular formula is C6H13N. The summed E-state index contributed by atoms with van der Waals surface area (Å²) in [5.41, 5.74) is 0. The summed E-state index contributed by atoms with van der Waals surface area (Å²) in [6, 6.07) is 0. The van der Waals surface area contributed by atoms with E-state index in [0.717, 1.165) is 6.42 Å². The molecule has 0 spiro atoms. The SMILES string of the molecule is CCCCC=NC. The van der Waals surface area contributed by atoms with Gasteiger partial charge in [-0.05, 0) is 19.1 Å². The summed E-state index contributed by atoms with van der Waals surface area (Å²) in [5.74, 6) is 0. The Balaban J connectivity index is 2.69. The van der Waals surface area contributed by atoms with Gasteiger partial charge in [-0.25, -0.2) is 0 Å². The van der Waals surface area contributed by atoms with Crippen LogP contribution in [0.25, 0.3) is 0 Å². The number of nitrogens with zero attached hydrogens (tertiary/aromatic N) is 1. The lowest BCUT2D eigenvalue weighted by Crippen LogP contribution is -1.72. The van der Waals surface area contributed by atoms with Crippen LogP contribution in [-0.4, -0.2) is 13.3 Å². The van der Waals surface area contributed by atoms with Crippen molar-refractivity contribution in [1.29, 1.82) is 0 Å². The van der Waals surface area contributed by atoms with Crippen LogP contribution in [0.15, 0.2) is 4.99 Å². The second-order valence-electron chi connectivity index (χ2n) is 1.58. The summed E-state index contributed by atoms with van der Waals surface area (Å²) in [5, 5.41) is 0. The summed E-state index contributed by atoms with van der Waals surface area (Å²) < 4.78 is 0. The van der Waals surface area contributed by atoms with E-state index in [-0.39, 0.29) is 0 Å². The fourth-order valence-electron chi connectivity index (χ4n) is 0.425. The number of aliphatic imine (C=N–C) groups is 1. The van der Waals surface area contributed by atoms with Crippen LogP contribution in [0.5, 0.6) is 0 Å². The molecule has 0 aliphatic heterocycles. The van der Waals surface area contributed by atoms with Gasteiger partial charge in [-0.3, -0.25) is 0 Å². The van der Waals surface area contributed by atoms with Crippen molar-refractivity contribution in [2.45, 2.75) is 26.2 Å². The predicted octanol–water partition coefficient (Wildman–Crippen LogP) is 1.88. The zero-order valence-electron chi connectivity index (χ0n) is 5.15. The Morgan fingerprint density at radius 2 is 2.29 bits per heavy atom. The minimum absolute atomic E-state index is 1.15. The minimum Gasteiger partial charge on any atom is -0.301 e. The molecule has 0 N–H and O–H groups in total. The van der Waals surface area contributed by atoms with E-state index in [4.69, 9.17) is 0 Å². The topological polar surface area (TPSA) is 12.4 Å². The van der Waals surface area contributed by atoms with Gasteiger partial charge >= 0.3 is 0 Å². The Morgan fingerprint density at radius 3 is 2.71 bits per heavy atom. The molecule has 0 aliphatic carbocycles. The minimum atomic E-state index is 1.15. The molecule has 0 unspecified atom stereocenters. The molecule has 1 nitrogen and oxygen atoms in total. The molecule has 0 aromatic carbocycles. The van der Waals surface area contributed by atoms with Gasteiger partial charge < -0.3 is 4.99 Å². The molecule has 0 fully saturated rings. The van der Waals surface area contributed by atoms with Gasteiger partial charge in [0.25, 0.3) is 0 Å². The first-order valence-corrected chi connectivity index (χ1v) is 2.82. The van der Waals surface area contributed by atoms with Crippen LogP contribution in [0.1, 0.15) is 26.2 Å². The van der Waals surface area contributed by atoms with E-state index in [1.54, 1.807) is 0 Å². The molecule has 1 heteroatoms. The Labute approximate surface area is 45.5 Å². The summed E-state index contributed by atoms with van der Waals surface area (Å²) >= 11 is 0. The quantitative estimate of drug-likeness (QED) is 0.378. The molecule has 0 saturated carbocycles. The summed E-state index contributed by atoms with van der Waals surface area (Å²) in [6.07, 6.45) is 5.65. The van der Waals surface area contributed by atoms with Crippen LogP contribution in [0.3, 0.4) is 0 Å². The molecule has 0 aromatic rings. The largest absolute Gasteiger partial charge is 0.301 e. The summed E-state index contributed by atoms with van der Waals surface area (Å²) in [6.45, 7) is 2.18. The molecule has 42 valence electrons. The lowest BCUT2D eigenvalue weighted by Gasteiger charge is -1.83. The monoisotopic (exact) mass is 99.1 g/mol. The highest BCUT2D eigenvalue weighted by molar-refractivity contribution is 5.56. The zero-order valence-corrected chi connectivity index (χ0v) is 5.15. The van der Waals surface area contributed by atoms with Crippen molar-refractivity contribution >= 4 is 6.21 Å². The third kappa shape index (κ3) is 5.67. The van der Waals surface area contributed by atoms with Gasteiger partial charge in [-0.1, -0.05) is 13.3 Å². The molecule has 0 rings (SSSR count). The van der Waals surface area contributed by atoms with Gasteiger partial charge in [0.05, 0.1) is 0 Å². The number of hydrogen-bond acceptors (Lipinski definition) is 1. The van der Waals surface area contributed by atoms with Gasteiger partial charge in [0.1, 0.15) is 0 Å². The van der Waals surface area contributed by atoms with E-state index >= 15 is 0 Å². The molecule has 0 heterocycles. The van der Waals surface area contributed by atoms with Crippen molar-refractivity contribution in [1.82, 2.24) is 0 Å². The first-order chi connectivity index (χ1) is 3.41. The van der Waals surface area contributed by atoms with Crippen LogP contribution in [-0.2, 0) is 0 Å². The normalized spacial score (nSPS) is 10.6. The van der Waals surface area contributed by atoms with Gasteiger partial charge in [0.2, 0.25) is 0 Å². The Hall–Kier alpha value is -0.330. The van der Waals surface area contributed by atoms with Crippen molar-refractivity contribution in [3.8, 4) is 0 Å². The third-order valence-corrected chi connectivity index (χ3v) is 0.869. The highest BCUT2D eigenvalue weighted by atomic mass is 14.6. The number of unbranched alkanes of at least 4 members (excludes halogenated alkanes) is 2. The van der Waals surface area contributed by atoms with E-state index < -0.39 is 0 Å². The number of hydrogen-bond donors (Lipinski definition) is 0. The van der Waals surface area contributed by atoms with Crippen molar-refractivity contribution in [2.24, 2.45) is 4.99 Å². The highest BCUT2D eigenvalue weighted by Crippen LogP contribution is 1.88. The van der Waals surface area contributed by atoms with E-state index in [1.165, 1.54) is 12.8 Å². The van der Waals surface area contributed by atoms with Crippen molar-refractivity contribution in [3.05, 3.63) is 0 Å². The maximum atomic E-state index is 3.85. The summed E-state index contributed by atoms with van der Waals surface area (Å²) in [7, 11) is 1.82. The van der Waals surface area contributed by atoms with E-state index in [1.807, 2.05) is 13.3 Å². The lowest BCUT2D eigenvalue weighted by atomic mass is 10.3. The van der Waals surface area contributed by atoms with Gasteiger partial charge in [0, 0.05) is 7.05 Å². The van der Waals surface area contributed by atoms with Crippen molar-refractivity contribution in [2.75, 3.05) is 7.05 Å². The molecule has 0 aromatic heterocycles. The molecule has 0 aliphatic rings. The van der Waals surface area contributed by atoms with Crippen LogP contribution in [0.4, 0.5) is 0 Å². The molecule has 0 amide bonds. The first-order valence-electron chi connectivity index (χ1n) is 2.82. The molecule has 0 bridgehead atoms. The van der Waals surface area contributed by atoms with Gasteiger partial charge in [-0.15, -0.1) is 0 Å². The predicted molar refractivity (Wildman–Crippen MR) is 33.9 cm³/mol. The molecule has 0 saturated heterocycles. The van der Waals surface area contributed by atoms with Crippen molar-refractivity contribution < 1.29 is 0 Å². The Kier molecular flexibility index (Phi) is 5.40. The van der Waals surface area contributed by atoms with Crippen molar-refractivity contribution in [3.63, 3.8) is 0 Å². The fraction of sp³-hybridized carbons (Fsp3) is 0.833. The molecule has 0 radical (unpaired) electrons. The second-order valence-corrected chi connectivity index (χ2v) is 1.58. The second kappa shape index (κ2) is 5.67. The van der Waals surface area contributed by atoms with Crippen LogP contribution >= 0.6 is 0 Å². The van der Waals surface area contributed by atoms with Crippen LogP contribution in [0, 0.1) is 0 Å². The highest BCUT2D eigenvalue weighted by Gasteiger charge is 1.74. The first kappa shape index (κ1) is 6.67. The van der Waals surface area contributed by atoms with E-state index in [0.29, 0.717) is 0 Å². The van der Waals surface area contributed by atoms with Crippen LogP contribution < -0.4 is 0 Å².